The summed E-state index contributed by atoms with van der Waals surface area (Å²) >= 11 is 0. The Hall–Kier alpha value is -1.71. The van der Waals surface area contributed by atoms with Gasteiger partial charge in [0.05, 0.1) is 18.1 Å². The van der Waals surface area contributed by atoms with Crippen molar-refractivity contribution < 1.29 is 18.1 Å². The van der Waals surface area contributed by atoms with E-state index in [-0.39, 0.29) is 12.3 Å². The van der Waals surface area contributed by atoms with Gasteiger partial charge in [-0.3, -0.25) is 10.1 Å². The van der Waals surface area contributed by atoms with E-state index in [4.69, 9.17) is 10.5 Å². The SMILES string of the molecule is COc1ccc(S(=O)(=O)N[C@H](C)CN)c([N+](=O)[O-])c1. The molecule has 0 aliphatic rings. The summed E-state index contributed by atoms with van der Waals surface area (Å²) in [4.78, 5) is 9.73. The van der Waals surface area contributed by atoms with E-state index in [9.17, 15) is 18.5 Å². The Kier molecular flexibility index (Phi) is 4.81. The molecule has 0 saturated heterocycles. The summed E-state index contributed by atoms with van der Waals surface area (Å²) in [6.07, 6.45) is 0. The highest BCUT2D eigenvalue weighted by molar-refractivity contribution is 7.89. The number of nitrogens with zero attached hydrogens (tertiary/aromatic N) is 1. The standard InChI is InChI=1S/C10H15N3O5S/c1-7(6-11)12-19(16,17)10-4-3-8(18-2)5-9(10)13(14)15/h3-5,7,12H,6,11H2,1-2H3/t7-/m1/s1. The van der Waals surface area contributed by atoms with Gasteiger partial charge in [0.25, 0.3) is 5.69 Å². The number of sulfonamides is 1. The van der Waals surface area contributed by atoms with Crippen molar-refractivity contribution >= 4 is 15.7 Å². The molecule has 8 nitrogen and oxygen atoms in total. The molecule has 0 fully saturated rings. The van der Waals surface area contributed by atoms with E-state index in [0.717, 1.165) is 12.1 Å². The van der Waals surface area contributed by atoms with Gasteiger partial charge in [0.15, 0.2) is 4.90 Å². The lowest BCUT2D eigenvalue weighted by Gasteiger charge is -2.12. The molecule has 0 aliphatic heterocycles. The van der Waals surface area contributed by atoms with Crippen LogP contribution in [0.25, 0.3) is 0 Å². The molecule has 0 unspecified atom stereocenters. The van der Waals surface area contributed by atoms with Crippen molar-refractivity contribution in [3.8, 4) is 5.75 Å². The third-order valence-corrected chi connectivity index (χ3v) is 4.00. The molecule has 0 aromatic heterocycles. The summed E-state index contributed by atoms with van der Waals surface area (Å²) in [5.74, 6) is 0.206. The van der Waals surface area contributed by atoms with Crippen LogP contribution in [0.15, 0.2) is 23.1 Å². The second-order valence-corrected chi connectivity index (χ2v) is 5.53. The molecule has 0 saturated carbocycles. The second-order valence-electron chi connectivity index (χ2n) is 3.85. The molecule has 9 heteroatoms. The fourth-order valence-electron chi connectivity index (χ4n) is 1.37. The second kappa shape index (κ2) is 5.95. The first-order valence-electron chi connectivity index (χ1n) is 5.36. The molecular weight excluding hydrogens is 274 g/mol. The lowest BCUT2D eigenvalue weighted by Crippen LogP contribution is -2.37. The van der Waals surface area contributed by atoms with E-state index in [1.807, 2.05) is 0 Å². The summed E-state index contributed by atoms with van der Waals surface area (Å²) in [6.45, 7) is 1.65. The molecular formula is C10H15N3O5S. The number of hydrogen-bond acceptors (Lipinski definition) is 6. The Bertz CT molecular complexity index is 573. The molecule has 0 aliphatic carbocycles. The van der Waals surface area contributed by atoms with Gasteiger partial charge in [-0.2, -0.15) is 0 Å². The molecule has 1 aromatic rings. The quantitative estimate of drug-likeness (QED) is 0.570. The first-order chi connectivity index (χ1) is 8.81. The average molecular weight is 289 g/mol. The maximum atomic E-state index is 12.0. The smallest absolute Gasteiger partial charge is 0.293 e. The zero-order valence-electron chi connectivity index (χ0n) is 10.5. The molecule has 0 bridgehead atoms. The van der Waals surface area contributed by atoms with Crippen LogP contribution < -0.4 is 15.2 Å². The van der Waals surface area contributed by atoms with Gasteiger partial charge in [0.2, 0.25) is 10.0 Å². The van der Waals surface area contributed by atoms with Gasteiger partial charge < -0.3 is 10.5 Å². The Balaban J connectivity index is 3.30. The van der Waals surface area contributed by atoms with E-state index in [1.165, 1.54) is 13.2 Å². The minimum absolute atomic E-state index is 0.0865. The van der Waals surface area contributed by atoms with Crippen LogP contribution in [0.5, 0.6) is 5.75 Å². The maximum absolute atomic E-state index is 12.0. The summed E-state index contributed by atoms with van der Waals surface area (Å²) in [7, 11) is -2.66. The number of nitro benzene ring substituents is 1. The van der Waals surface area contributed by atoms with Crippen LogP contribution in [-0.4, -0.2) is 33.0 Å². The molecule has 106 valence electrons. The normalized spacial score (nSPS) is 13.0. The van der Waals surface area contributed by atoms with Crippen LogP contribution in [0.3, 0.4) is 0 Å². The average Bonchev–Trinajstić information content (AvgIpc) is 2.37. The molecule has 0 radical (unpaired) electrons. The van der Waals surface area contributed by atoms with Crippen LogP contribution >= 0.6 is 0 Å². The Morgan fingerprint density at radius 1 is 1.53 bits per heavy atom. The van der Waals surface area contributed by atoms with Crippen LogP contribution in [-0.2, 0) is 10.0 Å². The summed E-state index contributed by atoms with van der Waals surface area (Å²) in [6, 6.07) is 3.01. The van der Waals surface area contributed by atoms with Gasteiger partial charge in [-0.1, -0.05) is 0 Å². The van der Waals surface area contributed by atoms with E-state index < -0.39 is 31.6 Å². The van der Waals surface area contributed by atoms with Crippen molar-refractivity contribution in [2.45, 2.75) is 17.9 Å². The highest BCUT2D eigenvalue weighted by atomic mass is 32.2. The highest BCUT2D eigenvalue weighted by Gasteiger charge is 2.27. The van der Waals surface area contributed by atoms with Crippen molar-refractivity contribution in [3.63, 3.8) is 0 Å². The fraction of sp³-hybridized carbons (Fsp3) is 0.400. The minimum Gasteiger partial charge on any atom is -0.497 e. The first-order valence-corrected chi connectivity index (χ1v) is 6.85. The van der Waals surface area contributed by atoms with Crippen LogP contribution in [0.2, 0.25) is 0 Å². The van der Waals surface area contributed by atoms with Gasteiger partial charge in [0, 0.05) is 12.6 Å². The summed E-state index contributed by atoms with van der Waals surface area (Å²) < 4.78 is 31.1. The first kappa shape index (κ1) is 15.3. The number of rotatable bonds is 6. The molecule has 3 N–H and O–H groups in total. The van der Waals surface area contributed by atoms with Gasteiger partial charge in [0.1, 0.15) is 5.75 Å². The van der Waals surface area contributed by atoms with Gasteiger partial charge in [-0.25, -0.2) is 13.1 Å². The number of ether oxygens (including phenoxy) is 1. The van der Waals surface area contributed by atoms with Gasteiger partial charge >= 0.3 is 0 Å². The zero-order chi connectivity index (χ0) is 14.6. The lowest BCUT2D eigenvalue weighted by atomic mass is 10.3. The van der Waals surface area contributed by atoms with Crippen molar-refractivity contribution in [1.82, 2.24) is 4.72 Å². The van der Waals surface area contributed by atoms with E-state index in [1.54, 1.807) is 6.92 Å². The van der Waals surface area contributed by atoms with Gasteiger partial charge in [-0.15, -0.1) is 0 Å². The topological polar surface area (TPSA) is 125 Å². The van der Waals surface area contributed by atoms with E-state index >= 15 is 0 Å². The largest absolute Gasteiger partial charge is 0.497 e. The maximum Gasteiger partial charge on any atom is 0.293 e. The van der Waals surface area contributed by atoms with Crippen molar-refractivity contribution in [2.75, 3.05) is 13.7 Å². The highest BCUT2D eigenvalue weighted by Crippen LogP contribution is 2.28. The number of benzene rings is 1. The molecule has 1 atom stereocenters. The number of nitrogens with one attached hydrogen (secondary N) is 1. The van der Waals surface area contributed by atoms with Crippen molar-refractivity contribution in [1.29, 1.82) is 0 Å². The number of hydrogen-bond donors (Lipinski definition) is 2. The Labute approximate surface area is 110 Å². The Morgan fingerprint density at radius 2 is 2.16 bits per heavy atom. The minimum atomic E-state index is -4.00. The van der Waals surface area contributed by atoms with Crippen LogP contribution in [0.4, 0.5) is 5.69 Å². The summed E-state index contributed by atoms with van der Waals surface area (Å²) in [5, 5.41) is 10.9. The van der Waals surface area contributed by atoms with Crippen molar-refractivity contribution in [3.05, 3.63) is 28.3 Å². The monoisotopic (exact) mass is 289 g/mol. The molecule has 1 aromatic carbocycles. The van der Waals surface area contributed by atoms with Crippen molar-refractivity contribution in [2.24, 2.45) is 5.73 Å². The molecule has 1 rings (SSSR count). The third kappa shape index (κ3) is 3.63. The van der Waals surface area contributed by atoms with Gasteiger partial charge in [-0.05, 0) is 19.1 Å². The lowest BCUT2D eigenvalue weighted by molar-refractivity contribution is -0.387. The molecule has 19 heavy (non-hydrogen) atoms. The van der Waals surface area contributed by atoms with E-state index in [0.29, 0.717) is 0 Å². The Morgan fingerprint density at radius 3 is 2.63 bits per heavy atom. The summed E-state index contributed by atoms with van der Waals surface area (Å²) in [5.41, 5.74) is 4.77. The van der Waals surface area contributed by atoms with Crippen LogP contribution in [0, 0.1) is 10.1 Å². The number of nitro groups is 1. The molecule has 0 spiro atoms. The number of nitrogens with two attached hydrogens (primary N) is 1. The predicted molar refractivity (Wildman–Crippen MR) is 68.5 cm³/mol. The third-order valence-electron chi connectivity index (χ3n) is 2.36. The number of methoxy groups -OCH3 is 1. The fourth-order valence-corrected chi connectivity index (χ4v) is 2.78. The molecule has 0 heterocycles. The van der Waals surface area contributed by atoms with E-state index in [2.05, 4.69) is 4.72 Å². The zero-order valence-corrected chi connectivity index (χ0v) is 11.3. The van der Waals surface area contributed by atoms with Crippen LogP contribution in [0.1, 0.15) is 6.92 Å². The predicted octanol–water partition coefficient (Wildman–Crippen LogP) is 0.229. The molecule has 0 amide bonds.